The summed E-state index contributed by atoms with van der Waals surface area (Å²) < 4.78 is 13.7. The summed E-state index contributed by atoms with van der Waals surface area (Å²) in [6.07, 6.45) is 0. The number of halogens is 2. The van der Waals surface area contributed by atoms with Gasteiger partial charge in [0.1, 0.15) is 17.9 Å². The Bertz CT molecular complexity index is 1590. The van der Waals surface area contributed by atoms with Gasteiger partial charge in [-0.1, -0.05) is 30.3 Å². The molecule has 37 heavy (non-hydrogen) atoms. The maximum Gasteiger partial charge on any atom is 0.257 e. The summed E-state index contributed by atoms with van der Waals surface area (Å²) in [5, 5.41) is 5.92. The first-order valence-electron chi connectivity index (χ1n) is 11.2. The minimum atomic E-state index is -0.319. The molecule has 0 saturated heterocycles. The van der Waals surface area contributed by atoms with Crippen LogP contribution < -0.4 is 15.4 Å². The van der Waals surface area contributed by atoms with Gasteiger partial charge >= 0.3 is 0 Å². The molecule has 0 aliphatic carbocycles. The van der Waals surface area contributed by atoms with Crippen LogP contribution in [0.1, 0.15) is 15.9 Å². The summed E-state index contributed by atoms with van der Waals surface area (Å²) in [7, 11) is 0. The Labute approximate surface area is 240 Å². The van der Waals surface area contributed by atoms with E-state index in [4.69, 9.17) is 21.4 Å². The molecular formula is C28H19BrIN3O3S. The van der Waals surface area contributed by atoms with Crippen molar-refractivity contribution in [2.24, 2.45) is 0 Å². The minimum Gasteiger partial charge on any atom is -0.489 e. The summed E-state index contributed by atoms with van der Waals surface area (Å²) in [6, 6.07) is 28.2. The summed E-state index contributed by atoms with van der Waals surface area (Å²) in [5.41, 5.74) is 4.42. The molecule has 5 aromatic rings. The molecule has 0 aliphatic heterocycles. The SMILES string of the molecule is O=C(NC(=S)Nc1ccc2oc(-c3cc(I)ccc3Br)nc2c1)c1ccc(OCc2ccccc2)cc1. The Morgan fingerprint density at radius 3 is 2.57 bits per heavy atom. The van der Waals surface area contributed by atoms with E-state index in [2.05, 4.69) is 54.1 Å². The van der Waals surface area contributed by atoms with Crippen molar-refractivity contribution in [3.05, 3.63) is 110 Å². The molecule has 5 rings (SSSR count). The molecule has 0 radical (unpaired) electrons. The number of fused-ring (bicyclic) bond motifs is 1. The minimum absolute atomic E-state index is 0.179. The third-order valence-electron chi connectivity index (χ3n) is 5.40. The average molecular weight is 684 g/mol. The predicted octanol–water partition coefficient (Wildman–Crippen LogP) is 7.57. The number of carbonyl (C=O) groups excluding carboxylic acids is 1. The van der Waals surface area contributed by atoms with Crippen molar-refractivity contribution in [1.29, 1.82) is 0 Å². The molecule has 0 unspecified atom stereocenters. The van der Waals surface area contributed by atoms with Crippen molar-refractivity contribution >= 4 is 78.5 Å². The van der Waals surface area contributed by atoms with Crippen LogP contribution in [0.4, 0.5) is 5.69 Å². The van der Waals surface area contributed by atoms with Crippen molar-refractivity contribution in [1.82, 2.24) is 10.3 Å². The molecular weight excluding hydrogens is 665 g/mol. The van der Waals surface area contributed by atoms with Gasteiger partial charge in [0.25, 0.3) is 5.91 Å². The first-order chi connectivity index (χ1) is 17.9. The number of hydrogen-bond acceptors (Lipinski definition) is 5. The Morgan fingerprint density at radius 2 is 1.78 bits per heavy atom. The number of ether oxygens (including phenoxy) is 1. The highest BCUT2D eigenvalue weighted by Gasteiger charge is 2.13. The van der Waals surface area contributed by atoms with Gasteiger partial charge in [-0.05, 0) is 117 Å². The van der Waals surface area contributed by atoms with E-state index in [1.54, 1.807) is 24.3 Å². The molecule has 0 aliphatic rings. The van der Waals surface area contributed by atoms with E-state index in [-0.39, 0.29) is 11.0 Å². The number of benzene rings is 4. The number of aromatic nitrogens is 1. The van der Waals surface area contributed by atoms with Gasteiger partial charge in [0.2, 0.25) is 5.89 Å². The van der Waals surface area contributed by atoms with Crippen molar-refractivity contribution in [2.75, 3.05) is 5.32 Å². The van der Waals surface area contributed by atoms with E-state index in [1.807, 2.05) is 66.7 Å². The van der Waals surface area contributed by atoms with E-state index >= 15 is 0 Å². The summed E-state index contributed by atoms with van der Waals surface area (Å²) in [6.45, 7) is 0.458. The van der Waals surface area contributed by atoms with Gasteiger partial charge in [0, 0.05) is 19.3 Å². The third-order valence-corrected chi connectivity index (χ3v) is 6.96. The van der Waals surface area contributed by atoms with Gasteiger partial charge in [-0.25, -0.2) is 4.98 Å². The average Bonchev–Trinajstić information content (AvgIpc) is 3.33. The Balaban J connectivity index is 1.20. The maximum atomic E-state index is 12.7. The standard InChI is InChI=1S/C28H19BrIN3O3S/c29-23-12-8-19(30)14-22(23)27-32-24-15-20(9-13-25(24)36-27)31-28(37)33-26(34)18-6-10-21(11-7-18)35-16-17-4-2-1-3-5-17/h1-15H,16H2,(H2,31,33,34,37). The normalized spacial score (nSPS) is 10.8. The number of rotatable bonds is 6. The highest BCUT2D eigenvalue weighted by Crippen LogP contribution is 2.32. The van der Waals surface area contributed by atoms with Crippen LogP contribution in [0.5, 0.6) is 5.75 Å². The molecule has 184 valence electrons. The Kier molecular flexibility index (Phi) is 7.82. The third kappa shape index (κ3) is 6.35. The van der Waals surface area contributed by atoms with Crippen LogP contribution in [-0.2, 0) is 6.61 Å². The second-order valence-corrected chi connectivity index (χ2v) is 10.5. The molecule has 0 fully saturated rings. The number of carbonyl (C=O) groups is 1. The predicted molar refractivity (Wildman–Crippen MR) is 161 cm³/mol. The van der Waals surface area contributed by atoms with Crippen LogP contribution in [-0.4, -0.2) is 16.0 Å². The van der Waals surface area contributed by atoms with Crippen LogP contribution in [0.25, 0.3) is 22.6 Å². The number of nitrogens with one attached hydrogen (secondary N) is 2. The molecule has 6 nitrogen and oxygen atoms in total. The summed E-state index contributed by atoms with van der Waals surface area (Å²) in [4.78, 5) is 17.3. The summed E-state index contributed by atoms with van der Waals surface area (Å²) >= 11 is 11.2. The molecule has 1 aromatic heterocycles. The number of nitrogens with zero attached hydrogens (tertiary/aromatic N) is 1. The second kappa shape index (κ2) is 11.4. The van der Waals surface area contributed by atoms with Gasteiger partial charge < -0.3 is 14.5 Å². The molecule has 0 spiro atoms. The molecule has 4 aromatic carbocycles. The number of thiocarbonyl (C=S) groups is 1. The quantitative estimate of drug-likeness (QED) is 0.142. The highest BCUT2D eigenvalue weighted by atomic mass is 127. The fraction of sp³-hybridized carbons (Fsp3) is 0.0357. The Morgan fingerprint density at radius 1 is 1.00 bits per heavy atom. The lowest BCUT2D eigenvalue weighted by atomic mass is 10.2. The van der Waals surface area contributed by atoms with Crippen molar-refractivity contribution in [3.8, 4) is 17.2 Å². The lowest BCUT2D eigenvalue weighted by Crippen LogP contribution is -2.34. The molecule has 0 saturated carbocycles. The largest absolute Gasteiger partial charge is 0.489 e. The van der Waals surface area contributed by atoms with Crippen LogP contribution in [0.2, 0.25) is 0 Å². The monoisotopic (exact) mass is 683 g/mol. The maximum absolute atomic E-state index is 12.7. The van der Waals surface area contributed by atoms with E-state index in [0.717, 1.165) is 19.2 Å². The first-order valence-corrected chi connectivity index (χ1v) is 13.5. The molecule has 0 bridgehead atoms. The van der Waals surface area contributed by atoms with Crippen LogP contribution >= 0.6 is 50.7 Å². The smallest absolute Gasteiger partial charge is 0.257 e. The molecule has 0 atom stereocenters. The van der Waals surface area contributed by atoms with E-state index in [9.17, 15) is 4.79 Å². The lowest BCUT2D eigenvalue weighted by Gasteiger charge is -2.10. The second-order valence-electron chi connectivity index (χ2n) is 8.03. The number of hydrogen-bond donors (Lipinski definition) is 2. The van der Waals surface area contributed by atoms with Crippen molar-refractivity contribution in [2.45, 2.75) is 6.61 Å². The fourth-order valence-electron chi connectivity index (χ4n) is 3.56. The zero-order valence-electron chi connectivity index (χ0n) is 19.2. The number of oxazole rings is 1. The van der Waals surface area contributed by atoms with Gasteiger partial charge in [-0.15, -0.1) is 0 Å². The Hall–Kier alpha value is -3.28. The zero-order valence-corrected chi connectivity index (χ0v) is 23.8. The van der Waals surface area contributed by atoms with Gasteiger partial charge in [-0.2, -0.15) is 0 Å². The fourth-order valence-corrected chi connectivity index (χ4v) is 4.68. The van der Waals surface area contributed by atoms with Gasteiger partial charge in [-0.3, -0.25) is 10.1 Å². The van der Waals surface area contributed by atoms with Crippen LogP contribution in [0, 0.1) is 3.57 Å². The zero-order chi connectivity index (χ0) is 25.8. The van der Waals surface area contributed by atoms with Crippen molar-refractivity contribution in [3.63, 3.8) is 0 Å². The van der Waals surface area contributed by atoms with E-state index in [1.165, 1.54) is 0 Å². The topological polar surface area (TPSA) is 76.4 Å². The summed E-state index contributed by atoms with van der Waals surface area (Å²) in [5.74, 6) is 0.878. The lowest BCUT2D eigenvalue weighted by molar-refractivity contribution is 0.0977. The van der Waals surface area contributed by atoms with Crippen molar-refractivity contribution < 1.29 is 13.9 Å². The van der Waals surface area contributed by atoms with Gasteiger partial charge in [0.05, 0.1) is 5.56 Å². The number of anilines is 1. The first kappa shape index (κ1) is 25.4. The van der Waals surface area contributed by atoms with E-state index < -0.39 is 0 Å². The molecule has 2 N–H and O–H groups in total. The molecule has 1 amide bonds. The highest BCUT2D eigenvalue weighted by molar-refractivity contribution is 14.1. The van der Waals surface area contributed by atoms with Gasteiger partial charge in [0.15, 0.2) is 10.7 Å². The van der Waals surface area contributed by atoms with Crippen LogP contribution in [0.3, 0.4) is 0 Å². The van der Waals surface area contributed by atoms with Crippen LogP contribution in [0.15, 0.2) is 99.9 Å². The molecule has 1 heterocycles. The van der Waals surface area contributed by atoms with E-state index in [0.29, 0.717) is 40.6 Å². The number of amides is 1. The molecule has 9 heteroatoms.